The lowest BCUT2D eigenvalue weighted by Crippen LogP contribution is -2.47. The van der Waals surface area contributed by atoms with Crippen LogP contribution in [0.2, 0.25) is 0 Å². The maximum absolute atomic E-state index is 13.1. The summed E-state index contributed by atoms with van der Waals surface area (Å²) >= 11 is 0. The van der Waals surface area contributed by atoms with Gasteiger partial charge in [0.25, 0.3) is 0 Å². The number of benzene rings is 1. The number of hydrogen-bond acceptors (Lipinski definition) is 4. The van der Waals surface area contributed by atoms with E-state index in [1.165, 1.54) is 7.11 Å². The molecule has 1 aliphatic heterocycles. The summed E-state index contributed by atoms with van der Waals surface area (Å²) in [5, 5.41) is 0. The van der Waals surface area contributed by atoms with E-state index in [0.717, 1.165) is 19.3 Å². The molecule has 2 unspecified atom stereocenters. The van der Waals surface area contributed by atoms with Crippen LogP contribution in [0.15, 0.2) is 17.0 Å². The Morgan fingerprint density at radius 3 is 2.05 bits per heavy atom. The van der Waals surface area contributed by atoms with E-state index >= 15 is 0 Å². The fourth-order valence-electron chi connectivity index (χ4n) is 3.22. The molecule has 1 aromatic carbocycles. The number of piperidine rings is 1. The van der Waals surface area contributed by atoms with Crippen molar-refractivity contribution in [1.82, 2.24) is 4.31 Å². The fourth-order valence-corrected chi connectivity index (χ4v) is 5.33. The summed E-state index contributed by atoms with van der Waals surface area (Å²) < 4.78 is 38.4. The smallest absolute Gasteiger partial charge is 0.243 e. The number of nitrogens with zero attached hydrogens (tertiary/aromatic N) is 1. The molecule has 2 rings (SSSR count). The van der Waals surface area contributed by atoms with Crippen molar-refractivity contribution in [3.8, 4) is 11.5 Å². The van der Waals surface area contributed by atoms with Crippen LogP contribution < -0.4 is 9.47 Å². The van der Waals surface area contributed by atoms with Crippen LogP contribution in [0, 0.1) is 6.92 Å². The van der Waals surface area contributed by atoms with Gasteiger partial charge in [-0.2, -0.15) is 4.31 Å². The van der Waals surface area contributed by atoms with Crippen molar-refractivity contribution in [2.75, 3.05) is 14.2 Å². The van der Waals surface area contributed by atoms with Crippen molar-refractivity contribution in [3.05, 3.63) is 17.7 Å². The second kappa shape index (κ2) is 6.46. The van der Waals surface area contributed by atoms with Gasteiger partial charge in [0.2, 0.25) is 10.0 Å². The van der Waals surface area contributed by atoms with Crippen molar-refractivity contribution in [1.29, 1.82) is 0 Å². The molecule has 0 aromatic heterocycles. The van der Waals surface area contributed by atoms with Crippen LogP contribution >= 0.6 is 0 Å². The Kier molecular flexibility index (Phi) is 5.02. The number of methoxy groups -OCH3 is 2. The van der Waals surface area contributed by atoms with Crippen molar-refractivity contribution in [2.24, 2.45) is 0 Å². The zero-order valence-corrected chi connectivity index (χ0v) is 14.7. The number of sulfonamides is 1. The molecule has 2 atom stereocenters. The number of rotatable bonds is 4. The molecule has 0 aliphatic carbocycles. The minimum Gasteiger partial charge on any atom is -0.493 e. The van der Waals surface area contributed by atoms with Gasteiger partial charge in [-0.15, -0.1) is 0 Å². The summed E-state index contributed by atoms with van der Waals surface area (Å²) in [7, 11) is -0.499. The minimum atomic E-state index is -3.55. The van der Waals surface area contributed by atoms with Crippen LogP contribution in [0.25, 0.3) is 0 Å². The van der Waals surface area contributed by atoms with Crippen molar-refractivity contribution in [3.63, 3.8) is 0 Å². The van der Waals surface area contributed by atoms with Gasteiger partial charge in [0.15, 0.2) is 11.5 Å². The standard InChI is InChI=1S/C16H25NO4S/c1-11-9-14(20-4)15(21-5)10-16(11)22(18,19)17-12(2)7-6-8-13(17)3/h9-10,12-13H,6-8H2,1-5H3. The summed E-state index contributed by atoms with van der Waals surface area (Å²) in [5.41, 5.74) is 0.669. The average molecular weight is 327 g/mol. The van der Waals surface area contributed by atoms with E-state index in [4.69, 9.17) is 9.47 Å². The highest BCUT2D eigenvalue weighted by Gasteiger charge is 2.36. The summed E-state index contributed by atoms with van der Waals surface area (Å²) in [6, 6.07) is 3.31. The van der Waals surface area contributed by atoms with Crippen LogP contribution in [-0.4, -0.2) is 39.0 Å². The highest BCUT2D eigenvalue weighted by atomic mass is 32.2. The van der Waals surface area contributed by atoms with E-state index in [-0.39, 0.29) is 12.1 Å². The Hall–Kier alpha value is -1.27. The molecular weight excluding hydrogens is 302 g/mol. The molecule has 1 aromatic rings. The van der Waals surface area contributed by atoms with Crippen LogP contribution in [0.4, 0.5) is 0 Å². The quantitative estimate of drug-likeness (QED) is 0.853. The van der Waals surface area contributed by atoms with E-state index < -0.39 is 10.0 Å². The first-order chi connectivity index (χ1) is 10.3. The van der Waals surface area contributed by atoms with E-state index in [2.05, 4.69) is 0 Å². The first kappa shape index (κ1) is 17.1. The highest BCUT2D eigenvalue weighted by molar-refractivity contribution is 7.89. The van der Waals surface area contributed by atoms with Crippen LogP contribution in [0.3, 0.4) is 0 Å². The molecule has 0 spiro atoms. The second-order valence-corrected chi connectivity index (χ2v) is 7.75. The normalized spacial score (nSPS) is 23.3. The summed E-state index contributed by atoms with van der Waals surface area (Å²) in [6.45, 7) is 5.74. The maximum atomic E-state index is 13.1. The van der Waals surface area contributed by atoms with Gasteiger partial charge >= 0.3 is 0 Å². The molecule has 124 valence electrons. The van der Waals surface area contributed by atoms with Gasteiger partial charge in [-0.3, -0.25) is 0 Å². The zero-order chi connectivity index (χ0) is 16.5. The summed E-state index contributed by atoms with van der Waals surface area (Å²) in [4.78, 5) is 0.297. The monoisotopic (exact) mass is 327 g/mol. The van der Waals surface area contributed by atoms with Crippen molar-refractivity contribution < 1.29 is 17.9 Å². The van der Waals surface area contributed by atoms with Crippen molar-refractivity contribution >= 4 is 10.0 Å². The van der Waals surface area contributed by atoms with Crippen molar-refractivity contribution in [2.45, 2.75) is 57.0 Å². The van der Waals surface area contributed by atoms with Gasteiger partial charge in [0.05, 0.1) is 19.1 Å². The molecule has 6 heteroatoms. The third-order valence-corrected chi connectivity index (χ3v) is 6.62. The highest BCUT2D eigenvalue weighted by Crippen LogP contribution is 2.36. The average Bonchev–Trinajstić information content (AvgIpc) is 2.46. The largest absolute Gasteiger partial charge is 0.493 e. The zero-order valence-electron chi connectivity index (χ0n) is 13.9. The van der Waals surface area contributed by atoms with Gasteiger partial charge in [0, 0.05) is 18.2 Å². The Labute approximate surface area is 133 Å². The molecule has 22 heavy (non-hydrogen) atoms. The fraction of sp³-hybridized carbons (Fsp3) is 0.625. The number of ether oxygens (including phenoxy) is 2. The summed E-state index contributed by atoms with van der Waals surface area (Å²) in [6.07, 6.45) is 2.87. The third kappa shape index (κ3) is 2.94. The van der Waals surface area contributed by atoms with E-state index in [1.54, 1.807) is 30.5 Å². The van der Waals surface area contributed by atoms with Crippen LogP contribution in [-0.2, 0) is 10.0 Å². The summed E-state index contributed by atoms with van der Waals surface area (Å²) in [5.74, 6) is 0.975. The molecule has 0 amide bonds. The van der Waals surface area contributed by atoms with E-state index in [0.29, 0.717) is 22.0 Å². The predicted molar refractivity (Wildman–Crippen MR) is 86.1 cm³/mol. The van der Waals surface area contributed by atoms with Crippen LogP contribution in [0.5, 0.6) is 11.5 Å². The lowest BCUT2D eigenvalue weighted by atomic mass is 10.0. The lowest BCUT2D eigenvalue weighted by Gasteiger charge is -2.38. The van der Waals surface area contributed by atoms with Crippen LogP contribution in [0.1, 0.15) is 38.7 Å². The predicted octanol–water partition coefficient (Wildman–Crippen LogP) is 2.96. The Bertz CT molecular complexity index is 632. The van der Waals surface area contributed by atoms with Gasteiger partial charge in [-0.05, 0) is 45.2 Å². The molecular formula is C16H25NO4S. The Morgan fingerprint density at radius 1 is 1.05 bits per heavy atom. The third-order valence-electron chi connectivity index (χ3n) is 4.35. The molecule has 0 radical (unpaired) electrons. The number of aryl methyl sites for hydroxylation is 1. The van der Waals surface area contributed by atoms with Gasteiger partial charge in [0.1, 0.15) is 0 Å². The van der Waals surface area contributed by atoms with E-state index in [9.17, 15) is 8.42 Å². The molecule has 1 fully saturated rings. The molecule has 1 heterocycles. The Morgan fingerprint density at radius 2 is 1.55 bits per heavy atom. The SMILES string of the molecule is COc1cc(C)c(S(=O)(=O)N2C(C)CCCC2C)cc1OC. The minimum absolute atomic E-state index is 0.0150. The second-order valence-electron chi connectivity index (χ2n) is 5.94. The van der Waals surface area contributed by atoms with Gasteiger partial charge in [-0.1, -0.05) is 6.42 Å². The molecule has 0 bridgehead atoms. The molecule has 1 saturated heterocycles. The molecule has 1 aliphatic rings. The molecule has 0 N–H and O–H groups in total. The van der Waals surface area contributed by atoms with Gasteiger partial charge in [-0.25, -0.2) is 8.42 Å². The topological polar surface area (TPSA) is 55.8 Å². The Balaban J connectivity index is 2.53. The molecule has 5 nitrogen and oxygen atoms in total. The lowest BCUT2D eigenvalue weighted by molar-refractivity contribution is 0.204. The maximum Gasteiger partial charge on any atom is 0.243 e. The molecule has 0 saturated carbocycles. The first-order valence-electron chi connectivity index (χ1n) is 7.59. The first-order valence-corrected chi connectivity index (χ1v) is 9.03. The van der Waals surface area contributed by atoms with E-state index in [1.807, 2.05) is 13.8 Å². The number of hydrogen-bond donors (Lipinski definition) is 0. The van der Waals surface area contributed by atoms with Gasteiger partial charge < -0.3 is 9.47 Å².